The van der Waals surface area contributed by atoms with Gasteiger partial charge in [0.05, 0.1) is 17.6 Å². The smallest absolute Gasteiger partial charge is 0.214 e. The lowest BCUT2D eigenvalue weighted by atomic mass is 10.4. The Morgan fingerprint density at radius 2 is 2.19 bits per heavy atom. The number of hydrogen-bond acceptors (Lipinski definition) is 5. The minimum Gasteiger partial charge on any atom is -0.310 e. The molecule has 0 aliphatic heterocycles. The number of rotatable bonds is 6. The molecule has 0 aliphatic rings. The van der Waals surface area contributed by atoms with Crippen LogP contribution < -0.4 is 5.32 Å². The van der Waals surface area contributed by atoms with Crippen LogP contribution in [0.15, 0.2) is 6.20 Å². The van der Waals surface area contributed by atoms with E-state index in [2.05, 4.69) is 15.6 Å². The molecule has 92 valence electrons. The van der Waals surface area contributed by atoms with E-state index in [9.17, 15) is 8.42 Å². The van der Waals surface area contributed by atoms with Crippen LogP contribution in [0, 0.1) is 0 Å². The first-order valence-corrected chi connectivity index (χ1v) is 6.49. The van der Waals surface area contributed by atoms with Gasteiger partial charge in [0.15, 0.2) is 0 Å². The van der Waals surface area contributed by atoms with Crippen LogP contribution in [-0.4, -0.2) is 54.1 Å². The molecule has 0 saturated heterocycles. The molecule has 7 nitrogen and oxygen atoms in total. The van der Waals surface area contributed by atoms with Gasteiger partial charge in [-0.25, -0.2) is 12.7 Å². The van der Waals surface area contributed by atoms with Gasteiger partial charge in [0.1, 0.15) is 0 Å². The van der Waals surface area contributed by atoms with E-state index in [0.29, 0.717) is 13.1 Å². The van der Waals surface area contributed by atoms with E-state index >= 15 is 0 Å². The van der Waals surface area contributed by atoms with Crippen LogP contribution in [0.4, 0.5) is 0 Å². The molecule has 8 heteroatoms. The summed E-state index contributed by atoms with van der Waals surface area (Å²) in [6.07, 6.45) is 1.65. The second-order valence-electron chi connectivity index (χ2n) is 3.62. The Bertz CT molecular complexity index is 425. The van der Waals surface area contributed by atoms with E-state index in [4.69, 9.17) is 0 Å². The highest BCUT2D eigenvalue weighted by Gasteiger charge is 2.12. The highest BCUT2D eigenvalue weighted by Crippen LogP contribution is 1.94. The fourth-order valence-electron chi connectivity index (χ4n) is 1.07. The van der Waals surface area contributed by atoms with Crippen LogP contribution in [0.3, 0.4) is 0 Å². The normalized spacial score (nSPS) is 12.2. The summed E-state index contributed by atoms with van der Waals surface area (Å²) < 4.78 is 25.7. The molecule has 0 amide bonds. The number of aryl methyl sites for hydroxylation is 1. The summed E-state index contributed by atoms with van der Waals surface area (Å²) in [4.78, 5) is 0. The molecule has 0 fully saturated rings. The first-order valence-electron chi connectivity index (χ1n) is 4.88. The highest BCUT2D eigenvalue weighted by molar-refractivity contribution is 7.89. The van der Waals surface area contributed by atoms with Gasteiger partial charge in [0.25, 0.3) is 0 Å². The number of nitrogens with zero attached hydrogens (tertiary/aromatic N) is 4. The first-order chi connectivity index (χ1) is 7.43. The Labute approximate surface area is 95.5 Å². The second-order valence-corrected chi connectivity index (χ2v) is 5.93. The fraction of sp³-hybridized carbons (Fsp3) is 0.750. The molecule has 16 heavy (non-hydrogen) atoms. The molecule has 1 rings (SSSR count). The Morgan fingerprint density at radius 3 is 2.69 bits per heavy atom. The SMILES string of the molecule is CN(C)S(=O)(=O)CCNCc1cnnn1C. The van der Waals surface area contributed by atoms with Crippen molar-refractivity contribution < 1.29 is 8.42 Å². The van der Waals surface area contributed by atoms with E-state index in [1.165, 1.54) is 18.4 Å². The predicted octanol–water partition coefficient (Wildman–Crippen LogP) is -1.20. The highest BCUT2D eigenvalue weighted by atomic mass is 32.2. The van der Waals surface area contributed by atoms with E-state index in [1.54, 1.807) is 17.9 Å². The topological polar surface area (TPSA) is 80.1 Å². The van der Waals surface area contributed by atoms with Crippen molar-refractivity contribution in [3.63, 3.8) is 0 Å². The maximum absolute atomic E-state index is 11.4. The third kappa shape index (κ3) is 3.54. The minimum absolute atomic E-state index is 0.0886. The number of hydrogen-bond donors (Lipinski definition) is 1. The van der Waals surface area contributed by atoms with Gasteiger partial charge in [0, 0.05) is 34.2 Å². The summed E-state index contributed by atoms with van der Waals surface area (Å²) in [5, 5.41) is 10.5. The lowest BCUT2D eigenvalue weighted by Gasteiger charge is -2.11. The van der Waals surface area contributed by atoms with E-state index in [-0.39, 0.29) is 5.75 Å². The van der Waals surface area contributed by atoms with Crippen molar-refractivity contribution in [2.24, 2.45) is 7.05 Å². The van der Waals surface area contributed by atoms with Crippen LogP contribution in [-0.2, 0) is 23.6 Å². The number of aromatic nitrogens is 3. The van der Waals surface area contributed by atoms with Crippen molar-refractivity contribution in [3.8, 4) is 0 Å². The molecule has 1 heterocycles. The Morgan fingerprint density at radius 1 is 1.50 bits per heavy atom. The zero-order valence-corrected chi connectivity index (χ0v) is 10.5. The largest absolute Gasteiger partial charge is 0.310 e. The van der Waals surface area contributed by atoms with Crippen molar-refractivity contribution in [3.05, 3.63) is 11.9 Å². The monoisotopic (exact) mass is 247 g/mol. The summed E-state index contributed by atoms with van der Waals surface area (Å²) in [5.74, 6) is 0.0886. The number of nitrogens with one attached hydrogen (secondary N) is 1. The van der Waals surface area contributed by atoms with Crippen LogP contribution in [0.25, 0.3) is 0 Å². The summed E-state index contributed by atoms with van der Waals surface area (Å²) in [5.41, 5.74) is 0.919. The van der Waals surface area contributed by atoms with Crippen molar-refractivity contribution in [2.75, 3.05) is 26.4 Å². The van der Waals surface area contributed by atoms with Crippen molar-refractivity contribution in [1.82, 2.24) is 24.6 Å². The van der Waals surface area contributed by atoms with Gasteiger partial charge in [-0.15, -0.1) is 5.10 Å². The van der Waals surface area contributed by atoms with Gasteiger partial charge < -0.3 is 5.32 Å². The van der Waals surface area contributed by atoms with Crippen LogP contribution in [0.1, 0.15) is 5.69 Å². The van der Waals surface area contributed by atoms with E-state index in [0.717, 1.165) is 5.69 Å². The third-order valence-corrected chi connectivity index (χ3v) is 4.04. The fourth-order valence-corrected chi connectivity index (χ4v) is 1.84. The molecule has 0 aromatic carbocycles. The molecule has 0 aliphatic carbocycles. The molecular weight excluding hydrogens is 230 g/mol. The van der Waals surface area contributed by atoms with E-state index < -0.39 is 10.0 Å². The maximum Gasteiger partial charge on any atom is 0.214 e. The lowest BCUT2D eigenvalue weighted by molar-refractivity contribution is 0.516. The van der Waals surface area contributed by atoms with Gasteiger partial charge in [-0.2, -0.15) is 0 Å². The Balaban J connectivity index is 2.30. The molecule has 0 saturated carbocycles. The second kappa shape index (κ2) is 5.37. The predicted molar refractivity (Wildman–Crippen MR) is 60.2 cm³/mol. The standard InChI is InChI=1S/C8H17N5O2S/c1-12(2)16(14,15)5-4-9-6-8-7-10-11-13(8)3/h7,9H,4-6H2,1-3H3. The molecule has 0 bridgehead atoms. The average Bonchev–Trinajstić information content (AvgIpc) is 2.59. The van der Waals surface area contributed by atoms with E-state index in [1.807, 2.05) is 0 Å². The zero-order chi connectivity index (χ0) is 12.2. The van der Waals surface area contributed by atoms with Crippen molar-refractivity contribution >= 4 is 10.0 Å². The Kier molecular flexibility index (Phi) is 4.39. The van der Waals surface area contributed by atoms with Gasteiger partial charge >= 0.3 is 0 Å². The minimum atomic E-state index is -3.12. The van der Waals surface area contributed by atoms with Crippen LogP contribution in [0.2, 0.25) is 0 Å². The average molecular weight is 247 g/mol. The molecular formula is C8H17N5O2S. The summed E-state index contributed by atoms with van der Waals surface area (Å²) in [7, 11) is 1.73. The van der Waals surface area contributed by atoms with Gasteiger partial charge in [0.2, 0.25) is 10.0 Å². The molecule has 0 radical (unpaired) electrons. The molecule has 1 aromatic heterocycles. The van der Waals surface area contributed by atoms with Gasteiger partial charge in [-0.05, 0) is 0 Å². The maximum atomic E-state index is 11.4. The van der Waals surface area contributed by atoms with Gasteiger partial charge in [-0.3, -0.25) is 4.68 Å². The van der Waals surface area contributed by atoms with Crippen molar-refractivity contribution in [1.29, 1.82) is 0 Å². The summed E-state index contributed by atoms with van der Waals surface area (Å²) in [6, 6.07) is 0. The third-order valence-electron chi connectivity index (χ3n) is 2.21. The van der Waals surface area contributed by atoms with Crippen molar-refractivity contribution in [2.45, 2.75) is 6.54 Å². The molecule has 0 atom stereocenters. The van der Waals surface area contributed by atoms with Crippen LogP contribution in [0.5, 0.6) is 0 Å². The molecule has 1 N–H and O–H groups in total. The lowest BCUT2D eigenvalue weighted by Crippen LogP contribution is -2.31. The summed E-state index contributed by atoms with van der Waals surface area (Å²) in [6.45, 7) is 0.970. The Hall–Kier alpha value is -0.990. The zero-order valence-electron chi connectivity index (χ0n) is 9.71. The quantitative estimate of drug-likeness (QED) is 0.638. The summed E-state index contributed by atoms with van der Waals surface area (Å²) >= 11 is 0. The molecule has 0 unspecified atom stereocenters. The number of sulfonamides is 1. The first kappa shape index (κ1) is 13.1. The molecule has 1 aromatic rings. The van der Waals surface area contributed by atoms with Gasteiger partial charge in [-0.1, -0.05) is 5.21 Å². The molecule has 0 spiro atoms. The van der Waals surface area contributed by atoms with Crippen LogP contribution >= 0.6 is 0 Å².